The van der Waals surface area contributed by atoms with Gasteiger partial charge >= 0.3 is 0 Å². The summed E-state index contributed by atoms with van der Waals surface area (Å²) in [5.74, 6) is 0. The summed E-state index contributed by atoms with van der Waals surface area (Å²) in [7, 11) is 4.20. The second-order valence-corrected chi connectivity index (χ2v) is 4.51. The fraction of sp³-hybridized carbons (Fsp3) is 0.909. The van der Waals surface area contributed by atoms with Crippen molar-refractivity contribution in [1.29, 1.82) is 5.26 Å². The molecule has 0 saturated heterocycles. The van der Waals surface area contributed by atoms with Gasteiger partial charge in [-0.15, -0.1) is 0 Å². The molecule has 13 heavy (non-hydrogen) atoms. The van der Waals surface area contributed by atoms with Gasteiger partial charge in [0.1, 0.15) is 0 Å². The van der Waals surface area contributed by atoms with Crippen LogP contribution in [0.5, 0.6) is 0 Å². The van der Waals surface area contributed by atoms with Crippen molar-refractivity contribution in [1.82, 2.24) is 4.90 Å². The maximum atomic E-state index is 8.98. The average Bonchev–Trinajstić information content (AvgIpc) is 2.01. The Labute approximate surface area is 81.5 Å². The molecule has 1 fully saturated rings. The van der Waals surface area contributed by atoms with Crippen LogP contribution < -0.4 is 0 Å². The molecule has 0 unspecified atom stereocenters. The summed E-state index contributed by atoms with van der Waals surface area (Å²) in [4.78, 5) is 2.21. The molecule has 74 valence electrons. The summed E-state index contributed by atoms with van der Waals surface area (Å²) < 4.78 is 0. The van der Waals surface area contributed by atoms with Gasteiger partial charge in [-0.3, -0.25) is 0 Å². The Morgan fingerprint density at radius 1 is 1.31 bits per heavy atom. The van der Waals surface area contributed by atoms with E-state index in [0.29, 0.717) is 0 Å². The third-order valence-corrected chi connectivity index (χ3v) is 3.06. The maximum Gasteiger partial charge on any atom is 0.0689 e. The van der Waals surface area contributed by atoms with E-state index in [1.54, 1.807) is 0 Å². The number of hydrogen-bond donors (Lipinski definition) is 0. The minimum absolute atomic E-state index is 0.0896. The third kappa shape index (κ3) is 3.00. The van der Waals surface area contributed by atoms with E-state index < -0.39 is 0 Å². The smallest absolute Gasteiger partial charge is 0.0689 e. The van der Waals surface area contributed by atoms with E-state index in [-0.39, 0.29) is 5.41 Å². The standard InChI is InChI=1S/C11H20N2/c1-13(2)9-4-3-6-11(10-12)7-5-8-11/h3-9H2,1-2H3. The van der Waals surface area contributed by atoms with Crippen molar-refractivity contribution < 1.29 is 0 Å². The Kier molecular flexibility index (Phi) is 3.74. The maximum absolute atomic E-state index is 8.98. The summed E-state index contributed by atoms with van der Waals surface area (Å²) in [6, 6.07) is 2.49. The zero-order valence-electron chi connectivity index (χ0n) is 8.84. The number of nitriles is 1. The molecule has 1 aliphatic carbocycles. The van der Waals surface area contributed by atoms with Crippen LogP contribution in [0.1, 0.15) is 38.5 Å². The first kappa shape index (κ1) is 10.5. The predicted octanol–water partition coefficient (Wildman–Crippen LogP) is 2.41. The number of nitrogens with zero attached hydrogens (tertiary/aromatic N) is 2. The summed E-state index contributed by atoms with van der Waals surface area (Å²) in [6.45, 7) is 1.15. The molecular weight excluding hydrogens is 160 g/mol. The summed E-state index contributed by atoms with van der Waals surface area (Å²) >= 11 is 0. The minimum Gasteiger partial charge on any atom is -0.309 e. The van der Waals surface area contributed by atoms with Crippen LogP contribution in [-0.2, 0) is 0 Å². The fourth-order valence-corrected chi connectivity index (χ4v) is 1.91. The molecule has 0 radical (unpaired) electrons. The summed E-state index contributed by atoms with van der Waals surface area (Å²) in [5, 5.41) is 8.98. The molecule has 1 rings (SSSR count). The Hall–Kier alpha value is -0.550. The Bertz CT molecular complexity index is 187. The van der Waals surface area contributed by atoms with Crippen LogP contribution in [-0.4, -0.2) is 25.5 Å². The van der Waals surface area contributed by atoms with Crippen LogP contribution >= 0.6 is 0 Å². The van der Waals surface area contributed by atoms with Gasteiger partial charge in [0.25, 0.3) is 0 Å². The van der Waals surface area contributed by atoms with Crippen molar-refractivity contribution in [3.63, 3.8) is 0 Å². The monoisotopic (exact) mass is 180 g/mol. The molecule has 1 aliphatic rings. The van der Waals surface area contributed by atoms with Crippen molar-refractivity contribution >= 4 is 0 Å². The lowest BCUT2D eigenvalue weighted by molar-refractivity contribution is 0.189. The van der Waals surface area contributed by atoms with E-state index >= 15 is 0 Å². The van der Waals surface area contributed by atoms with E-state index in [1.807, 2.05) is 0 Å². The molecule has 0 N–H and O–H groups in total. The van der Waals surface area contributed by atoms with Gasteiger partial charge in [-0.1, -0.05) is 12.8 Å². The number of unbranched alkanes of at least 4 members (excludes halogenated alkanes) is 1. The van der Waals surface area contributed by atoms with E-state index in [1.165, 1.54) is 19.3 Å². The highest BCUT2D eigenvalue weighted by molar-refractivity contribution is 5.04. The van der Waals surface area contributed by atoms with Gasteiger partial charge in [0.15, 0.2) is 0 Å². The molecular formula is C11H20N2. The predicted molar refractivity (Wildman–Crippen MR) is 54.3 cm³/mol. The molecule has 0 aromatic heterocycles. The molecule has 1 saturated carbocycles. The van der Waals surface area contributed by atoms with Gasteiger partial charge in [-0.25, -0.2) is 0 Å². The number of rotatable bonds is 5. The Morgan fingerprint density at radius 2 is 2.00 bits per heavy atom. The molecule has 0 atom stereocenters. The summed E-state index contributed by atoms with van der Waals surface area (Å²) in [6.07, 6.45) is 7.12. The molecule has 0 amide bonds. The SMILES string of the molecule is CN(C)CCCCC1(C#N)CCC1. The molecule has 0 aromatic rings. The quantitative estimate of drug-likeness (QED) is 0.607. The van der Waals surface area contributed by atoms with Crippen molar-refractivity contribution in [2.45, 2.75) is 38.5 Å². The lowest BCUT2D eigenvalue weighted by Gasteiger charge is -2.35. The largest absolute Gasteiger partial charge is 0.309 e. The van der Waals surface area contributed by atoms with E-state index in [0.717, 1.165) is 25.8 Å². The first-order valence-corrected chi connectivity index (χ1v) is 5.24. The third-order valence-electron chi connectivity index (χ3n) is 3.06. The van der Waals surface area contributed by atoms with Gasteiger partial charge in [0.2, 0.25) is 0 Å². The second-order valence-electron chi connectivity index (χ2n) is 4.51. The zero-order chi connectivity index (χ0) is 9.73. The summed E-state index contributed by atoms with van der Waals surface area (Å²) in [5.41, 5.74) is 0.0896. The highest BCUT2D eigenvalue weighted by Gasteiger charge is 2.36. The average molecular weight is 180 g/mol. The van der Waals surface area contributed by atoms with Crippen molar-refractivity contribution in [3.05, 3.63) is 0 Å². The minimum atomic E-state index is 0.0896. The molecule has 0 aliphatic heterocycles. The van der Waals surface area contributed by atoms with E-state index in [2.05, 4.69) is 25.1 Å². The number of hydrogen-bond acceptors (Lipinski definition) is 2. The van der Waals surface area contributed by atoms with Crippen molar-refractivity contribution in [3.8, 4) is 6.07 Å². The van der Waals surface area contributed by atoms with E-state index in [9.17, 15) is 0 Å². The normalized spacial score (nSPS) is 19.5. The van der Waals surface area contributed by atoms with Crippen LogP contribution in [0, 0.1) is 16.7 Å². The van der Waals surface area contributed by atoms with Crippen molar-refractivity contribution in [2.24, 2.45) is 5.41 Å². The van der Waals surface area contributed by atoms with Crippen molar-refractivity contribution in [2.75, 3.05) is 20.6 Å². The van der Waals surface area contributed by atoms with Gasteiger partial charge in [0.05, 0.1) is 11.5 Å². The van der Waals surface area contributed by atoms with Crippen LogP contribution in [0.15, 0.2) is 0 Å². The van der Waals surface area contributed by atoms with Gasteiger partial charge < -0.3 is 4.90 Å². The van der Waals surface area contributed by atoms with Crippen LogP contribution in [0.2, 0.25) is 0 Å². The highest BCUT2D eigenvalue weighted by atomic mass is 15.0. The van der Waals surface area contributed by atoms with Gasteiger partial charge in [-0.2, -0.15) is 5.26 Å². The molecule has 2 heteroatoms. The van der Waals surface area contributed by atoms with Crippen LogP contribution in [0.25, 0.3) is 0 Å². The first-order valence-electron chi connectivity index (χ1n) is 5.24. The van der Waals surface area contributed by atoms with Gasteiger partial charge in [0, 0.05) is 0 Å². The molecule has 2 nitrogen and oxygen atoms in total. The second kappa shape index (κ2) is 4.62. The lowest BCUT2D eigenvalue weighted by atomic mass is 9.67. The van der Waals surface area contributed by atoms with E-state index in [4.69, 9.17) is 5.26 Å². The molecule has 0 spiro atoms. The lowest BCUT2D eigenvalue weighted by Crippen LogP contribution is -2.27. The Morgan fingerprint density at radius 3 is 2.38 bits per heavy atom. The highest BCUT2D eigenvalue weighted by Crippen LogP contribution is 2.44. The fourth-order valence-electron chi connectivity index (χ4n) is 1.91. The molecule has 0 bridgehead atoms. The zero-order valence-corrected chi connectivity index (χ0v) is 8.84. The topological polar surface area (TPSA) is 27.0 Å². The molecule has 0 aromatic carbocycles. The van der Waals surface area contributed by atoms with Crippen LogP contribution in [0.3, 0.4) is 0 Å². The van der Waals surface area contributed by atoms with Gasteiger partial charge in [-0.05, 0) is 46.3 Å². The first-order chi connectivity index (χ1) is 6.18. The van der Waals surface area contributed by atoms with Crippen LogP contribution in [0.4, 0.5) is 0 Å². The molecule has 0 heterocycles. The Balaban J connectivity index is 2.08.